The van der Waals surface area contributed by atoms with Gasteiger partial charge in [0, 0.05) is 24.7 Å². The summed E-state index contributed by atoms with van der Waals surface area (Å²) in [5.41, 5.74) is 0. The van der Waals surface area contributed by atoms with E-state index in [1.807, 2.05) is 13.1 Å². The first-order valence-corrected chi connectivity index (χ1v) is 7.77. The Labute approximate surface area is 120 Å². The van der Waals surface area contributed by atoms with Gasteiger partial charge in [0.15, 0.2) is 5.82 Å². The fraction of sp³-hybridized carbons (Fsp3) is 0.733. The number of anilines is 1. The zero-order valence-corrected chi connectivity index (χ0v) is 12.4. The average Bonchev–Trinajstić information content (AvgIpc) is 2.79. The molecule has 5 heteroatoms. The van der Waals surface area contributed by atoms with E-state index in [4.69, 9.17) is 4.74 Å². The second-order valence-corrected chi connectivity index (χ2v) is 5.70. The van der Waals surface area contributed by atoms with Gasteiger partial charge in [-0.1, -0.05) is 0 Å². The summed E-state index contributed by atoms with van der Waals surface area (Å²) in [7, 11) is 0. The molecular weight excluding hydrogens is 252 g/mol. The highest BCUT2D eigenvalue weighted by Gasteiger charge is 2.36. The van der Waals surface area contributed by atoms with Gasteiger partial charge in [0.1, 0.15) is 0 Å². The molecular formula is C15H24N4O. The molecule has 2 unspecified atom stereocenters. The maximum absolute atomic E-state index is 5.47. The van der Waals surface area contributed by atoms with Crippen molar-refractivity contribution in [3.8, 4) is 5.88 Å². The largest absolute Gasteiger partial charge is 0.477 e. The maximum Gasteiger partial charge on any atom is 0.234 e. The van der Waals surface area contributed by atoms with Crippen molar-refractivity contribution in [2.24, 2.45) is 0 Å². The van der Waals surface area contributed by atoms with Crippen LogP contribution in [-0.2, 0) is 0 Å². The molecule has 2 bridgehead atoms. The van der Waals surface area contributed by atoms with Crippen molar-refractivity contribution in [2.45, 2.75) is 57.7 Å². The van der Waals surface area contributed by atoms with Crippen molar-refractivity contribution >= 4 is 5.82 Å². The summed E-state index contributed by atoms with van der Waals surface area (Å²) in [6.45, 7) is 5.76. The molecule has 2 fully saturated rings. The van der Waals surface area contributed by atoms with Crippen molar-refractivity contribution in [1.29, 1.82) is 0 Å². The zero-order valence-electron chi connectivity index (χ0n) is 12.4. The van der Waals surface area contributed by atoms with Crippen molar-refractivity contribution in [3.63, 3.8) is 0 Å². The van der Waals surface area contributed by atoms with E-state index in [1.54, 1.807) is 6.20 Å². The minimum Gasteiger partial charge on any atom is -0.477 e. The van der Waals surface area contributed by atoms with Gasteiger partial charge in [-0.3, -0.25) is 4.98 Å². The zero-order chi connectivity index (χ0) is 13.9. The molecule has 3 heterocycles. The van der Waals surface area contributed by atoms with Crippen molar-refractivity contribution in [1.82, 2.24) is 15.3 Å². The van der Waals surface area contributed by atoms with Crippen LogP contribution in [0.2, 0.25) is 0 Å². The van der Waals surface area contributed by atoms with Gasteiger partial charge in [-0.15, -0.1) is 0 Å². The lowest BCUT2D eigenvalue weighted by Crippen LogP contribution is -2.48. The third-order valence-corrected chi connectivity index (χ3v) is 4.42. The highest BCUT2D eigenvalue weighted by atomic mass is 16.5. The standard InChI is InChI=1S/C15H24N4O/c1-3-19(13-7-11-5-6-12(8-13)17-11)14-9-16-10-15(18-14)20-4-2/h9-13,17H,3-8H2,1-2H3. The van der Waals surface area contributed by atoms with E-state index in [0.29, 0.717) is 30.6 Å². The van der Waals surface area contributed by atoms with Crippen molar-refractivity contribution in [2.75, 3.05) is 18.1 Å². The molecule has 1 aromatic heterocycles. The van der Waals surface area contributed by atoms with Crippen LogP contribution in [-0.4, -0.2) is 41.2 Å². The Kier molecular flexibility index (Phi) is 4.05. The quantitative estimate of drug-likeness (QED) is 0.891. The molecule has 0 saturated carbocycles. The summed E-state index contributed by atoms with van der Waals surface area (Å²) >= 11 is 0. The van der Waals surface area contributed by atoms with Crippen LogP contribution in [0.1, 0.15) is 39.5 Å². The first kappa shape index (κ1) is 13.6. The molecule has 2 atom stereocenters. The van der Waals surface area contributed by atoms with E-state index >= 15 is 0 Å². The Balaban J connectivity index is 1.77. The molecule has 1 N–H and O–H groups in total. The van der Waals surface area contributed by atoms with Crippen LogP contribution in [0.25, 0.3) is 0 Å². The molecule has 3 rings (SSSR count). The van der Waals surface area contributed by atoms with E-state index in [1.165, 1.54) is 25.7 Å². The monoisotopic (exact) mass is 276 g/mol. The lowest BCUT2D eigenvalue weighted by molar-refractivity contribution is 0.322. The van der Waals surface area contributed by atoms with Crippen LogP contribution in [0.3, 0.4) is 0 Å². The van der Waals surface area contributed by atoms with E-state index in [0.717, 1.165) is 12.4 Å². The minimum absolute atomic E-state index is 0.574. The number of hydrogen-bond acceptors (Lipinski definition) is 5. The second kappa shape index (κ2) is 5.95. The molecule has 2 aliphatic rings. The molecule has 2 saturated heterocycles. The Morgan fingerprint density at radius 1 is 1.25 bits per heavy atom. The number of ether oxygens (including phenoxy) is 1. The summed E-state index contributed by atoms with van der Waals surface area (Å²) in [4.78, 5) is 11.3. The third-order valence-electron chi connectivity index (χ3n) is 4.42. The van der Waals surface area contributed by atoms with E-state index in [-0.39, 0.29) is 0 Å². The molecule has 0 aliphatic carbocycles. The third kappa shape index (κ3) is 2.73. The highest BCUT2D eigenvalue weighted by molar-refractivity contribution is 5.39. The summed E-state index contributed by atoms with van der Waals surface area (Å²) in [6, 6.07) is 1.96. The van der Waals surface area contributed by atoms with Gasteiger partial charge in [0.2, 0.25) is 5.88 Å². The Bertz CT molecular complexity index is 441. The predicted octanol–water partition coefficient (Wildman–Crippen LogP) is 1.98. The van der Waals surface area contributed by atoms with Crippen LogP contribution >= 0.6 is 0 Å². The lowest BCUT2D eigenvalue weighted by Gasteiger charge is -2.37. The van der Waals surface area contributed by atoms with Gasteiger partial charge < -0.3 is 15.0 Å². The number of hydrogen-bond donors (Lipinski definition) is 1. The van der Waals surface area contributed by atoms with E-state index < -0.39 is 0 Å². The van der Waals surface area contributed by atoms with Crippen molar-refractivity contribution in [3.05, 3.63) is 12.4 Å². The van der Waals surface area contributed by atoms with E-state index in [2.05, 4.69) is 27.1 Å². The fourth-order valence-electron chi connectivity index (χ4n) is 3.58. The Hall–Kier alpha value is -1.36. The van der Waals surface area contributed by atoms with Crippen LogP contribution in [0.4, 0.5) is 5.82 Å². The smallest absolute Gasteiger partial charge is 0.234 e. The number of nitrogens with zero attached hydrogens (tertiary/aromatic N) is 3. The van der Waals surface area contributed by atoms with Crippen molar-refractivity contribution < 1.29 is 4.74 Å². The van der Waals surface area contributed by atoms with E-state index in [9.17, 15) is 0 Å². The van der Waals surface area contributed by atoms with Gasteiger partial charge >= 0.3 is 0 Å². The Morgan fingerprint density at radius 2 is 2.00 bits per heavy atom. The summed E-state index contributed by atoms with van der Waals surface area (Å²) in [5.74, 6) is 1.57. The Morgan fingerprint density at radius 3 is 2.65 bits per heavy atom. The van der Waals surface area contributed by atoms with Gasteiger partial charge in [-0.25, -0.2) is 0 Å². The normalized spacial score (nSPS) is 28.4. The molecule has 0 amide bonds. The average molecular weight is 276 g/mol. The first-order chi connectivity index (χ1) is 9.80. The van der Waals surface area contributed by atoms with Crippen LogP contribution < -0.4 is 15.0 Å². The van der Waals surface area contributed by atoms with Crippen LogP contribution in [0.5, 0.6) is 5.88 Å². The number of nitrogens with one attached hydrogen (secondary N) is 1. The number of rotatable bonds is 5. The van der Waals surface area contributed by atoms with Gasteiger partial charge in [-0.05, 0) is 39.5 Å². The molecule has 5 nitrogen and oxygen atoms in total. The number of fused-ring (bicyclic) bond motifs is 2. The number of aromatic nitrogens is 2. The molecule has 0 spiro atoms. The molecule has 2 aliphatic heterocycles. The van der Waals surface area contributed by atoms with Crippen LogP contribution in [0.15, 0.2) is 12.4 Å². The van der Waals surface area contributed by atoms with Crippen LogP contribution in [0, 0.1) is 0 Å². The lowest BCUT2D eigenvalue weighted by atomic mass is 9.98. The predicted molar refractivity (Wildman–Crippen MR) is 79.2 cm³/mol. The highest BCUT2D eigenvalue weighted by Crippen LogP contribution is 2.31. The summed E-state index contributed by atoms with van der Waals surface area (Å²) in [6.07, 6.45) is 8.62. The summed E-state index contributed by atoms with van der Waals surface area (Å²) < 4.78 is 5.47. The minimum atomic E-state index is 0.574. The summed E-state index contributed by atoms with van der Waals surface area (Å²) in [5, 5.41) is 3.69. The molecule has 0 radical (unpaired) electrons. The maximum atomic E-state index is 5.47. The molecule has 0 aromatic carbocycles. The molecule has 110 valence electrons. The topological polar surface area (TPSA) is 50.3 Å². The van der Waals surface area contributed by atoms with Gasteiger partial charge in [0.05, 0.1) is 19.0 Å². The van der Waals surface area contributed by atoms with Gasteiger partial charge in [-0.2, -0.15) is 4.98 Å². The number of piperidine rings is 1. The first-order valence-electron chi connectivity index (χ1n) is 7.77. The molecule has 1 aromatic rings. The fourth-order valence-corrected chi connectivity index (χ4v) is 3.58. The second-order valence-electron chi connectivity index (χ2n) is 5.70. The molecule has 20 heavy (non-hydrogen) atoms. The van der Waals surface area contributed by atoms with Gasteiger partial charge in [0.25, 0.3) is 0 Å². The SMILES string of the molecule is CCOc1cncc(N(CC)C2CC3CCC(C2)N3)n1.